The molecule has 0 radical (unpaired) electrons. The number of nitrogens with two attached hydrogens (primary N) is 1. The van der Waals surface area contributed by atoms with Gasteiger partial charge in [0.1, 0.15) is 5.82 Å². The second-order valence-corrected chi connectivity index (χ2v) is 3.65. The van der Waals surface area contributed by atoms with E-state index in [1.807, 2.05) is 30.3 Å². The van der Waals surface area contributed by atoms with Crippen LogP contribution < -0.4 is 5.73 Å². The molecule has 0 aliphatic carbocycles. The van der Waals surface area contributed by atoms with Gasteiger partial charge in [-0.15, -0.1) is 0 Å². The third kappa shape index (κ3) is 2.01. The van der Waals surface area contributed by atoms with Gasteiger partial charge in [-0.25, -0.2) is 0 Å². The molecule has 0 saturated carbocycles. The first kappa shape index (κ1) is 10.6. The second-order valence-electron chi connectivity index (χ2n) is 3.26. The second kappa shape index (κ2) is 4.28. The van der Waals surface area contributed by atoms with Gasteiger partial charge < -0.3 is 5.73 Å². The van der Waals surface area contributed by atoms with Crippen molar-refractivity contribution >= 4 is 18.1 Å². The summed E-state index contributed by atoms with van der Waals surface area (Å²) in [7, 11) is 0. The molecule has 0 saturated heterocycles. The maximum absolute atomic E-state index is 10.9. The van der Waals surface area contributed by atoms with E-state index in [1.165, 1.54) is 0 Å². The molecule has 0 atom stereocenters. The third-order valence-corrected chi connectivity index (χ3v) is 2.36. The van der Waals surface area contributed by atoms with Crippen LogP contribution >= 0.6 is 12.2 Å². The van der Waals surface area contributed by atoms with Crippen LogP contribution in [0.5, 0.6) is 0 Å². The first-order chi connectivity index (χ1) is 7.68. The number of hydrogen-bond donors (Lipinski definition) is 2. The minimum atomic E-state index is -0.439. The number of aromatic amines is 1. The topological polar surface area (TPSA) is 76.7 Å². The van der Waals surface area contributed by atoms with Gasteiger partial charge in [0.05, 0.1) is 6.42 Å². The number of rotatable bonds is 3. The predicted molar refractivity (Wildman–Crippen MR) is 61.6 cm³/mol. The minimum absolute atomic E-state index is 0.0576. The number of aromatic nitrogens is 3. The van der Waals surface area contributed by atoms with Gasteiger partial charge in [0.25, 0.3) is 0 Å². The standard InChI is InChI=1S/C10H10N4OS/c11-8(15)6-9-12-13-10(16)14(9)7-4-2-1-3-5-7/h1-5H,6H2,(H2,11,15)(H,13,16). The molecule has 6 heteroatoms. The number of para-hydroxylation sites is 1. The molecule has 0 bridgehead atoms. The van der Waals surface area contributed by atoms with Crippen molar-refractivity contribution in [3.8, 4) is 5.69 Å². The summed E-state index contributed by atoms with van der Waals surface area (Å²) >= 11 is 5.10. The molecule has 1 heterocycles. The molecular weight excluding hydrogens is 224 g/mol. The van der Waals surface area contributed by atoms with Crippen molar-refractivity contribution in [3.05, 3.63) is 40.9 Å². The predicted octanol–water partition coefficient (Wildman–Crippen LogP) is 0.958. The van der Waals surface area contributed by atoms with Crippen LogP contribution in [-0.4, -0.2) is 20.7 Å². The zero-order valence-electron chi connectivity index (χ0n) is 8.38. The van der Waals surface area contributed by atoms with Gasteiger partial charge >= 0.3 is 0 Å². The number of carbonyl (C=O) groups is 1. The summed E-state index contributed by atoms with van der Waals surface area (Å²) in [5.74, 6) is 0.0786. The van der Waals surface area contributed by atoms with E-state index < -0.39 is 5.91 Å². The Morgan fingerprint density at radius 3 is 2.75 bits per heavy atom. The normalized spacial score (nSPS) is 10.2. The van der Waals surface area contributed by atoms with Crippen LogP contribution in [0.25, 0.3) is 5.69 Å². The quantitative estimate of drug-likeness (QED) is 0.776. The monoisotopic (exact) mass is 234 g/mol. The molecule has 0 fully saturated rings. The summed E-state index contributed by atoms with van der Waals surface area (Å²) in [6, 6.07) is 9.45. The molecule has 1 amide bonds. The zero-order valence-corrected chi connectivity index (χ0v) is 9.20. The summed E-state index contributed by atoms with van der Waals surface area (Å²) in [6.07, 6.45) is 0.0576. The third-order valence-electron chi connectivity index (χ3n) is 2.09. The summed E-state index contributed by atoms with van der Waals surface area (Å²) in [5.41, 5.74) is 6.00. The van der Waals surface area contributed by atoms with Crippen molar-refractivity contribution in [2.75, 3.05) is 0 Å². The van der Waals surface area contributed by atoms with E-state index in [4.69, 9.17) is 18.0 Å². The van der Waals surface area contributed by atoms with Crippen molar-refractivity contribution in [2.45, 2.75) is 6.42 Å². The number of primary amides is 1. The molecule has 1 aromatic carbocycles. The molecule has 3 N–H and O–H groups in total. The lowest BCUT2D eigenvalue weighted by molar-refractivity contribution is -0.117. The number of nitrogens with one attached hydrogen (secondary N) is 1. The van der Waals surface area contributed by atoms with E-state index >= 15 is 0 Å². The molecular formula is C10H10N4OS. The molecule has 5 nitrogen and oxygen atoms in total. The van der Waals surface area contributed by atoms with Gasteiger partial charge in [0, 0.05) is 5.69 Å². The van der Waals surface area contributed by atoms with Crippen molar-refractivity contribution in [1.29, 1.82) is 0 Å². The Balaban J connectivity index is 2.52. The molecule has 0 aliphatic rings. The lowest BCUT2D eigenvalue weighted by Gasteiger charge is -2.04. The molecule has 1 aromatic heterocycles. The lowest BCUT2D eigenvalue weighted by atomic mass is 10.3. The van der Waals surface area contributed by atoms with E-state index in [0.717, 1.165) is 5.69 Å². The van der Waals surface area contributed by atoms with Crippen molar-refractivity contribution in [3.63, 3.8) is 0 Å². The van der Waals surface area contributed by atoms with Gasteiger partial charge in [-0.2, -0.15) is 5.10 Å². The molecule has 16 heavy (non-hydrogen) atoms. The highest BCUT2D eigenvalue weighted by molar-refractivity contribution is 7.71. The largest absolute Gasteiger partial charge is 0.369 e. The SMILES string of the molecule is NC(=O)Cc1n[nH]c(=S)n1-c1ccccc1. The average molecular weight is 234 g/mol. The van der Waals surface area contributed by atoms with E-state index in [0.29, 0.717) is 10.6 Å². The molecule has 0 spiro atoms. The molecule has 82 valence electrons. The molecule has 0 unspecified atom stereocenters. The van der Waals surface area contributed by atoms with E-state index in [1.54, 1.807) is 4.57 Å². The fourth-order valence-electron chi connectivity index (χ4n) is 1.45. The van der Waals surface area contributed by atoms with E-state index in [-0.39, 0.29) is 6.42 Å². The lowest BCUT2D eigenvalue weighted by Crippen LogP contribution is -2.16. The number of carbonyl (C=O) groups excluding carboxylic acids is 1. The van der Waals surface area contributed by atoms with Gasteiger partial charge in [-0.05, 0) is 24.4 Å². The van der Waals surface area contributed by atoms with Crippen molar-refractivity contribution in [1.82, 2.24) is 14.8 Å². The summed E-state index contributed by atoms with van der Waals surface area (Å²) < 4.78 is 2.14. The van der Waals surface area contributed by atoms with Crippen LogP contribution in [0.1, 0.15) is 5.82 Å². The smallest absolute Gasteiger partial charge is 0.225 e. The summed E-state index contributed by atoms with van der Waals surface area (Å²) in [5, 5.41) is 6.63. The molecule has 2 aromatic rings. The Morgan fingerprint density at radius 2 is 2.12 bits per heavy atom. The van der Waals surface area contributed by atoms with Gasteiger partial charge in [-0.1, -0.05) is 18.2 Å². The van der Waals surface area contributed by atoms with Crippen LogP contribution in [0.15, 0.2) is 30.3 Å². The van der Waals surface area contributed by atoms with Gasteiger partial charge in [0.15, 0.2) is 4.77 Å². The van der Waals surface area contributed by atoms with E-state index in [2.05, 4.69) is 10.2 Å². The highest BCUT2D eigenvalue weighted by Gasteiger charge is 2.09. The summed E-state index contributed by atoms with van der Waals surface area (Å²) in [6.45, 7) is 0. The fourth-order valence-corrected chi connectivity index (χ4v) is 1.70. The van der Waals surface area contributed by atoms with Crippen molar-refractivity contribution < 1.29 is 4.79 Å². The van der Waals surface area contributed by atoms with Gasteiger partial charge in [-0.3, -0.25) is 14.5 Å². The summed E-state index contributed by atoms with van der Waals surface area (Å²) in [4.78, 5) is 10.9. The Labute approximate surface area is 96.9 Å². The maximum atomic E-state index is 10.9. The van der Waals surface area contributed by atoms with Crippen LogP contribution in [-0.2, 0) is 11.2 Å². The minimum Gasteiger partial charge on any atom is -0.369 e. The Bertz CT molecular complexity index is 558. The average Bonchev–Trinajstić information content (AvgIpc) is 2.60. The number of nitrogens with zero attached hydrogens (tertiary/aromatic N) is 2. The first-order valence-corrected chi connectivity index (χ1v) is 5.09. The Kier molecular flexibility index (Phi) is 2.82. The highest BCUT2D eigenvalue weighted by atomic mass is 32.1. The maximum Gasteiger partial charge on any atom is 0.225 e. The molecule has 2 rings (SSSR count). The van der Waals surface area contributed by atoms with Crippen LogP contribution in [0, 0.1) is 4.77 Å². The molecule has 0 aliphatic heterocycles. The zero-order chi connectivity index (χ0) is 11.5. The van der Waals surface area contributed by atoms with Crippen LogP contribution in [0.3, 0.4) is 0 Å². The number of amides is 1. The Hall–Kier alpha value is -1.95. The highest BCUT2D eigenvalue weighted by Crippen LogP contribution is 2.10. The fraction of sp³-hybridized carbons (Fsp3) is 0.100. The number of benzene rings is 1. The van der Waals surface area contributed by atoms with Crippen molar-refractivity contribution in [2.24, 2.45) is 5.73 Å². The van der Waals surface area contributed by atoms with E-state index in [9.17, 15) is 4.79 Å². The Morgan fingerprint density at radius 1 is 1.44 bits per heavy atom. The number of H-pyrrole nitrogens is 1. The van der Waals surface area contributed by atoms with Crippen LogP contribution in [0.4, 0.5) is 0 Å². The number of hydrogen-bond acceptors (Lipinski definition) is 3. The first-order valence-electron chi connectivity index (χ1n) is 4.68. The van der Waals surface area contributed by atoms with Crippen LogP contribution in [0.2, 0.25) is 0 Å². The van der Waals surface area contributed by atoms with Gasteiger partial charge in [0.2, 0.25) is 5.91 Å².